The number of hydrogen-bond donors (Lipinski definition) is 4. The molecule has 0 bridgehead atoms. The first-order valence-corrected chi connectivity index (χ1v) is 19.8. The first-order valence-electron chi connectivity index (χ1n) is 18.3. The molecule has 1 saturated carbocycles. The molecule has 5 amide bonds. The van der Waals surface area contributed by atoms with E-state index in [4.69, 9.17) is 9.47 Å². The van der Waals surface area contributed by atoms with Crippen molar-refractivity contribution in [3.63, 3.8) is 0 Å². The number of para-hydroxylation sites is 1. The van der Waals surface area contributed by atoms with E-state index in [1.807, 2.05) is 30.3 Å². The molecule has 5 atom stereocenters. The molecule has 16 heteroatoms. The maximum atomic E-state index is 14.4. The van der Waals surface area contributed by atoms with Crippen molar-refractivity contribution in [1.29, 1.82) is 0 Å². The lowest BCUT2D eigenvalue weighted by Gasteiger charge is -2.30. The van der Waals surface area contributed by atoms with Crippen LogP contribution in [0, 0.1) is 5.92 Å². The van der Waals surface area contributed by atoms with Gasteiger partial charge in [0.25, 0.3) is 5.91 Å². The molecule has 3 aliphatic heterocycles. The Bertz CT molecular complexity index is 1870. The minimum atomic E-state index is -4.39. The summed E-state index contributed by atoms with van der Waals surface area (Å²) in [5.41, 5.74) is -0.225. The third-order valence-corrected chi connectivity index (χ3v) is 10.9. The van der Waals surface area contributed by atoms with E-state index in [9.17, 15) is 32.4 Å². The molecule has 1 aliphatic carbocycles. The third kappa shape index (κ3) is 9.32. The van der Waals surface area contributed by atoms with Crippen LogP contribution in [-0.2, 0) is 47.2 Å². The Hall–Kier alpha value is -5.12. The molecule has 0 radical (unpaired) electrons. The highest BCUT2D eigenvalue weighted by molar-refractivity contribution is 7.91. The van der Waals surface area contributed by atoms with Crippen molar-refractivity contribution in [3.05, 3.63) is 77.9 Å². The zero-order valence-electron chi connectivity index (χ0n) is 30.7. The Balaban J connectivity index is 1.25. The van der Waals surface area contributed by atoms with E-state index in [0.29, 0.717) is 25.9 Å². The molecule has 4 N–H and O–H groups in total. The van der Waals surface area contributed by atoms with Gasteiger partial charge >= 0.3 is 22.4 Å². The Labute approximate surface area is 315 Å². The Morgan fingerprint density at radius 3 is 2.31 bits per heavy atom. The van der Waals surface area contributed by atoms with Gasteiger partial charge in [-0.2, -0.15) is 8.42 Å². The van der Waals surface area contributed by atoms with Crippen molar-refractivity contribution >= 4 is 45.8 Å². The Morgan fingerprint density at radius 2 is 1.63 bits per heavy atom. The number of rotatable bonds is 6. The van der Waals surface area contributed by atoms with Gasteiger partial charge < -0.3 is 25.0 Å². The van der Waals surface area contributed by atoms with Gasteiger partial charge in [0.2, 0.25) is 11.8 Å². The number of carbonyl (C=O) groups is 5. The van der Waals surface area contributed by atoms with Gasteiger partial charge in [-0.25, -0.2) is 14.3 Å². The van der Waals surface area contributed by atoms with Crippen LogP contribution >= 0.6 is 0 Å². The number of hydrogen-bond acceptors (Lipinski definition) is 9. The predicted molar refractivity (Wildman–Crippen MR) is 198 cm³/mol. The summed E-state index contributed by atoms with van der Waals surface area (Å²) in [6.07, 6.45) is 4.44. The van der Waals surface area contributed by atoms with E-state index in [0.717, 1.165) is 24.0 Å². The molecule has 0 aromatic heterocycles. The van der Waals surface area contributed by atoms with Crippen LogP contribution in [0.5, 0.6) is 0 Å². The first-order chi connectivity index (χ1) is 25.6. The lowest BCUT2D eigenvalue weighted by molar-refractivity contribution is -0.141. The topological polar surface area (TPSA) is 193 Å². The monoisotopic (exact) mass is 764 g/mol. The third-order valence-electron chi connectivity index (χ3n) is 9.96. The lowest BCUT2D eigenvalue weighted by atomic mass is 10.0. The molecule has 2 fully saturated rings. The molecule has 1 saturated heterocycles. The molecule has 6 rings (SSSR count). The smallest absolute Gasteiger partial charge is 0.410 e. The molecule has 2 aromatic carbocycles. The van der Waals surface area contributed by atoms with Crippen LogP contribution in [0.2, 0.25) is 0 Å². The van der Waals surface area contributed by atoms with Crippen LogP contribution < -0.4 is 20.1 Å². The fraction of sp³-hybridized carbons (Fsp3) is 0.500. The zero-order chi connectivity index (χ0) is 38.7. The van der Waals surface area contributed by atoms with Crippen LogP contribution in [0.1, 0.15) is 76.8 Å². The zero-order valence-corrected chi connectivity index (χ0v) is 31.5. The number of benzene rings is 2. The van der Waals surface area contributed by atoms with Crippen LogP contribution in [0.4, 0.5) is 15.3 Å². The summed E-state index contributed by atoms with van der Waals surface area (Å²) in [5.74, 6) is -2.74. The fourth-order valence-electron chi connectivity index (χ4n) is 7.19. The summed E-state index contributed by atoms with van der Waals surface area (Å²) >= 11 is 0. The second-order valence-corrected chi connectivity index (χ2v) is 16.7. The number of allylic oxidation sites excluding steroid dienone is 1. The normalized spacial score (nSPS) is 26.4. The van der Waals surface area contributed by atoms with Crippen molar-refractivity contribution in [1.82, 2.24) is 25.2 Å². The Kier molecular flexibility index (Phi) is 11.2. The second kappa shape index (κ2) is 15.7. The average molecular weight is 765 g/mol. The molecule has 0 spiro atoms. The van der Waals surface area contributed by atoms with Crippen molar-refractivity contribution in [2.45, 2.75) is 108 Å². The summed E-state index contributed by atoms with van der Waals surface area (Å²) in [5, 5.41) is 5.48. The van der Waals surface area contributed by atoms with Crippen molar-refractivity contribution in [2.75, 3.05) is 11.3 Å². The highest BCUT2D eigenvalue weighted by Gasteiger charge is 2.61. The van der Waals surface area contributed by atoms with Gasteiger partial charge in [-0.1, -0.05) is 67.5 Å². The maximum absolute atomic E-state index is 14.4. The average Bonchev–Trinajstić information content (AvgIpc) is 3.40. The van der Waals surface area contributed by atoms with Crippen LogP contribution in [-0.4, -0.2) is 84.0 Å². The molecule has 54 heavy (non-hydrogen) atoms. The van der Waals surface area contributed by atoms with Gasteiger partial charge in [-0.15, -0.1) is 0 Å². The van der Waals surface area contributed by atoms with Crippen LogP contribution in [0.25, 0.3) is 0 Å². The molecule has 15 nitrogen and oxygen atoms in total. The molecular formula is C38H48N6O9S. The van der Waals surface area contributed by atoms with Crippen molar-refractivity contribution in [2.24, 2.45) is 5.92 Å². The summed E-state index contributed by atoms with van der Waals surface area (Å²) in [7, 11) is -4.39. The molecule has 290 valence electrons. The van der Waals surface area contributed by atoms with Crippen LogP contribution in [0.15, 0.2) is 66.7 Å². The lowest BCUT2D eigenvalue weighted by Crippen LogP contribution is -2.58. The van der Waals surface area contributed by atoms with Gasteiger partial charge in [-0.05, 0) is 69.7 Å². The van der Waals surface area contributed by atoms with Gasteiger partial charge in [0, 0.05) is 25.4 Å². The minimum absolute atomic E-state index is 0.0880. The summed E-state index contributed by atoms with van der Waals surface area (Å²) < 4.78 is 41.8. The molecule has 2 aromatic rings. The number of carbonyl (C=O) groups excluding carboxylic acids is 5. The minimum Gasteiger partial charge on any atom is -0.444 e. The van der Waals surface area contributed by atoms with Gasteiger partial charge in [0.1, 0.15) is 29.3 Å². The van der Waals surface area contributed by atoms with E-state index in [2.05, 4.69) is 20.1 Å². The highest BCUT2D eigenvalue weighted by atomic mass is 32.2. The van der Waals surface area contributed by atoms with Gasteiger partial charge in [-0.3, -0.25) is 24.0 Å². The molecular weight excluding hydrogens is 717 g/mol. The molecule has 4 aliphatic rings. The van der Waals surface area contributed by atoms with Crippen LogP contribution in [0.3, 0.4) is 0 Å². The Morgan fingerprint density at radius 1 is 0.944 bits per heavy atom. The second-order valence-electron chi connectivity index (χ2n) is 15.3. The van der Waals surface area contributed by atoms with Crippen molar-refractivity contribution in [3.8, 4) is 0 Å². The standard InChI is InChI=1S/C38H48N6O9S/c1-37(2,3)53-35(48)39-30-19-11-6-4-5-8-16-27-21-38(27,34(47)42-54(50,51)41-28-17-9-7-10-18-28)40-32(45)31-20-29(24-44(31)33(30)46)52-36(49)43-22-25-14-12-13-15-26(25)23-43/h7-10,12-18,27,29-31,41H,4-6,11,19-24H2,1-3H3,(H,39,48)(H,40,45)(H,42,47)/b16-8+/t27-,29-,30+,31+,38-/m1/s1. The molecule has 0 unspecified atom stereocenters. The van der Waals surface area contributed by atoms with E-state index in [1.54, 1.807) is 49.9 Å². The van der Waals surface area contributed by atoms with E-state index in [1.165, 1.54) is 17.0 Å². The highest BCUT2D eigenvalue weighted by Crippen LogP contribution is 2.46. The number of nitrogens with zero attached hydrogens (tertiary/aromatic N) is 2. The number of alkyl carbamates (subject to hydrolysis) is 1. The SMILES string of the molecule is CC(C)(C)OC(=O)N[C@H]1CCCCC/C=C/[C@@H]2C[C@@]2(C(=O)NS(=O)(=O)Nc2ccccc2)NC(=O)[C@@H]2C[C@@H](OC(=O)N3Cc4ccccc4C3)CN2C1=O. The van der Waals surface area contributed by atoms with Gasteiger partial charge in [0.05, 0.1) is 12.2 Å². The van der Waals surface area contributed by atoms with Crippen molar-refractivity contribution < 1.29 is 41.9 Å². The number of nitrogens with one attached hydrogen (secondary N) is 4. The summed E-state index contributed by atoms with van der Waals surface area (Å²) in [6.45, 7) is 5.68. The van der Waals surface area contributed by atoms with Gasteiger partial charge in [0.15, 0.2) is 0 Å². The maximum Gasteiger partial charge on any atom is 0.410 e. The summed E-state index contributed by atoms with van der Waals surface area (Å²) in [6, 6.07) is 13.4. The van der Waals surface area contributed by atoms with E-state index in [-0.39, 0.29) is 31.5 Å². The quantitative estimate of drug-likeness (QED) is 0.316. The number of anilines is 1. The largest absolute Gasteiger partial charge is 0.444 e. The number of amides is 5. The van der Waals surface area contributed by atoms with E-state index < -0.39 is 75.4 Å². The molecule has 3 heterocycles. The first kappa shape index (κ1) is 38.6. The fourth-order valence-corrected chi connectivity index (χ4v) is 8.12. The number of fused-ring (bicyclic) bond motifs is 3. The summed E-state index contributed by atoms with van der Waals surface area (Å²) in [4.78, 5) is 71.6. The predicted octanol–water partition coefficient (Wildman–Crippen LogP) is 3.87. The number of ether oxygens (including phenoxy) is 2. The van der Waals surface area contributed by atoms with E-state index >= 15 is 0 Å².